The molecular formula is C10H12NO3. The molecule has 1 aromatic carbocycles. The van der Waals surface area contributed by atoms with Crippen molar-refractivity contribution in [2.75, 3.05) is 6.61 Å². The van der Waals surface area contributed by atoms with E-state index in [9.17, 15) is 10.1 Å². The Morgan fingerprint density at radius 3 is 3.07 bits per heavy atom. The first kappa shape index (κ1) is 10.5. The molecule has 0 aliphatic heterocycles. The Morgan fingerprint density at radius 1 is 1.64 bits per heavy atom. The average Bonchev–Trinajstić information content (AvgIpc) is 2.19. The fourth-order valence-corrected chi connectivity index (χ4v) is 0.963. The molecule has 1 aromatic rings. The molecule has 0 amide bonds. The third kappa shape index (κ3) is 3.05. The summed E-state index contributed by atoms with van der Waals surface area (Å²) < 4.78 is 5.31. The zero-order chi connectivity index (χ0) is 10.4. The maximum absolute atomic E-state index is 10.4. The van der Waals surface area contributed by atoms with E-state index in [2.05, 4.69) is 13.0 Å². The molecule has 1 rings (SSSR count). The van der Waals surface area contributed by atoms with Gasteiger partial charge in [-0.3, -0.25) is 10.1 Å². The number of unbranched alkanes of at least 4 members (excludes halogenated alkanes) is 1. The number of nitro benzene ring substituents is 1. The average molecular weight is 194 g/mol. The highest BCUT2D eigenvalue weighted by Gasteiger charge is 2.06. The van der Waals surface area contributed by atoms with Crippen LogP contribution in [0.3, 0.4) is 0 Å². The van der Waals surface area contributed by atoms with Crippen LogP contribution in [0.4, 0.5) is 5.69 Å². The van der Waals surface area contributed by atoms with Gasteiger partial charge in [-0.15, -0.1) is 0 Å². The van der Waals surface area contributed by atoms with Crippen molar-refractivity contribution in [3.05, 3.63) is 34.4 Å². The molecule has 0 aliphatic carbocycles. The van der Waals surface area contributed by atoms with Crippen molar-refractivity contribution in [2.45, 2.75) is 19.8 Å². The third-order valence-electron chi connectivity index (χ3n) is 1.72. The molecule has 0 saturated carbocycles. The van der Waals surface area contributed by atoms with Crippen molar-refractivity contribution in [1.82, 2.24) is 0 Å². The largest absolute Gasteiger partial charge is 0.493 e. The summed E-state index contributed by atoms with van der Waals surface area (Å²) >= 11 is 0. The molecule has 0 bridgehead atoms. The summed E-state index contributed by atoms with van der Waals surface area (Å²) in [7, 11) is 0. The summed E-state index contributed by atoms with van der Waals surface area (Å²) in [6.07, 6.45) is 1.99. The molecule has 0 unspecified atom stereocenters. The van der Waals surface area contributed by atoms with Gasteiger partial charge in [-0.2, -0.15) is 0 Å². The van der Waals surface area contributed by atoms with E-state index in [1.54, 1.807) is 6.07 Å². The molecule has 0 saturated heterocycles. The van der Waals surface area contributed by atoms with Crippen molar-refractivity contribution < 1.29 is 9.66 Å². The molecule has 0 aliphatic rings. The summed E-state index contributed by atoms with van der Waals surface area (Å²) in [5.74, 6) is 0.531. The van der Waals surface area contributed by atoms with E-state index in [1.807, 2.05) is 0 Å². The van der Waals surface area contributed by atoms with Gasteiger partial charge in [-0.1, -0.05) is 13.3 Å². The van der Waals surface area contributed by atoms with E-state index in [0.717, 1.165) is 12.8 Å². The summed E-state index contributed by atoms with van der Waals surface area (Å²) in [6.45, 7) is 2.66. The maximum atomic E-state index is 10.4. The van der Waals surface area contributed by atoms with Crippen LogP contribution in [0.5, 0.6) is 5.75 Å². The second-order valence-electron chi connectivity index (χ2n) is 2.87. The lowest BCUT2D eigenvalue weighted by Crippen LogP contribution is -1.97. The lowest BCUT2D eigenvalue weighted by Gasteiger charge is -2.03. The third-order valence-corrected chi connectivity index (χ3v) is 1.72. The highest BCUT2D eigenvalue weighted by atomic mass is 16.6. The SMILES string of the molecule is CCCCOc1cc[c]c([N+](=O)[O-])c1. The molecular weight excluding hydrogens is 182 g/mol. The Labute approximate surface area is 82.7 Å². The lowest BCUT2D eigenvalue weighted by atomic mass is 10.3. The van der Waals surface area contributed by atoms with E-state index in [-0.39, 0.29) is 5.69 Å². The minimum atomic E-state index is -0.479. The minimum Gasteiger partial charge on any atom is -0.493 e. The van der Waals surface area contributed by atoms with Crippen LogP contribution in [0.1, 0.15) is 19.8 Å². The van der Waals surface area contributed by atoms with Crippen LogP contribution in [-0.4, -0.2) is 11.5 Å². The maximum Gasteiger partial charge on any atom is 0.281 e. The van der Waals surface area contributed by atoms with Crippen molar-refractivity contribution >= 4 is 5.69 Å². The van der Waals surface area contributed by atoms with E-state index >= 15 is 0 Å². The van der Waals surface area contributed by atoms with Crippen LogP contribution in [0.25, 0.3) is 0 Å². The molecule has 14 heavy (non-hydrogen) atoms. The van der Waals surface area contributed by atoms with Crippen LogP contribution in [0, 0.1) is 16.2 Å². The van der Waals surface area contributed by atoms with E-state index in [4.69, 9.17) is 4.74 Å². The molecule has 0 aromatic heterocycles. The molecule has 75 valence electrons. The number of nitro groups is 1. The van der Waals surface area contributed by atoms with E-state index < -0.39 is 4.92 Å². The molecule has 4 nitrogen and oxygen atoms in total. The number of nitrogens with zero attached hydrogens (tertiary/aromatic N) is 1. The fraction of sp³-hybridized carbons (Fsp3) is 0.400. The molecule has 0 atom stereocenters. The van der Waals surface area contributed by atoms with Crippen LogP contribution >= 0.6 is 0 Å². The Morgan fingerprint density at radius 2 is 2.43 bits per heavy atom. The predicted molar refractivity (Wildman–Crippen MR) is 52.3 cm³/mol. The number of non-ortho nitro benzene ring substituents is 1. The number of hydrogen-bond donors (Lipinski definition) is 0. The van der Waals surface area contributed by atoms with Gasteiger partial charge in [0, 0.05) is 0 Å². The van der Waals surface area contributed by atoms with Gasteiger partial charge in [0.05, 0.1) is 23.7 Å². The Hall–Kier alpha value is -1.58. The summed E-state index contributed by atoms with van der Waals surface area (Å²) in [5, 5.41) is 10.4. The molecule has 1 radical (unpaired) electrons. The first-order chi connectivity index (χ1) is 6.74. The number of hydrogen-bond acceptors (Lipinski definition) is 3. The van der Waals surface area contributed by atoms with Crippen molar-refractivity contribution in [2.24, 2.45) is 0 Å². The van der Waals surface area contributed by atoms with E-state index in [1.165, 1.54) is 12.1 Å². The quantitative estimate of drug-likeness (QED) is 0.411. The summed E-state index contributed by atoms with van der Waals surface area (Å²) in [6, 6.07) is 7.07. The molecule has 0 heterocycles. The highest BCUT2D eigenvalue weighted by Crippen LogP contribution is 2.18. The monoisotopic (exact) mass is 194 g/mol. The summed E-state index contributed by atoms with van der Waals surface area (Å²) in [5.41, 5.74) is -0.0565. The molecule has 4 heteroatoms. The highest BCUT2D eigenvalue weighted by molar-refractivity contribution is 5.36. The van der Waals surface area contributed by atoms with Gasteiger partial charge < -0.3 is 4.74 Å². The van der Waals surface area contributed by atoms with Crippen LogP contribution in [-0.2, 0) is 0 Å². The van der Waals surface area contributed by atoms with Crippen molar-refractivity contribution in [1.29, 1.82) is 0 Å². The number of ether oxygens (including phenoxy) is 1. The lowest BCUT2D eigenvalue weighted by molar-refractivity contribution is -0.385. The fourth-order valence-electron chi connectivity index (χ4n) is 0.963. The molecule has 0 N–H and O–H groups in total. The topological polar surface area (TPSA) is 52.4 Å². The second kappa shape index (κ2) is 5.21. The first-order valence-corrected chi connectivity index (χ1v) is 4.53. The van der Waals surface area contributed by atoms with Gasteiger partial charge in [-0.05, 0) is 18.6 Å². The molecule has 0 spiro atoms. The van der Waals surface area contributed by atoms with Gasteiger partial charge >= 0.3 is 0 Å². The summed E-state index contributed by atoms with van der Waals surface area (Å²) in [4.78, 5) is 9.92. The smallest absolute Gasteiger partial charge is 0.281 e. The van der Waals surface area contributed by atoms with Crippen molar-refractivity contribution in [3.63, 3.8) is 0 Å². The standard InChI is InChI=1S/C10H12NO3/c1-2-3-7-14-10-6-4-5-9(8-10)11(12)13/h4,6,8H,2-3,7H2,1H3. The van der Waals surface area contributed by atoms with Crippen LogP contribution in [0.2, 0.25) is 0 Å². The van der Waals surface area contributed by atoms with E-state index in [0.29, 0.717) is 12.4 Å². The zero-order valence-corrected chi connectivity index (χ0v) is 8.03. The molecule has 0 fully saturated rings. The normalized spacial score (nSPS) is 9.79. The van der Waals surface area contributed by atoms with Gasteiger partial charge in [0.1, 0.15) is 5.75 Å². The first-order valence-electron chi connectivity index (χ1n) is 4.53. The van der Waals surface area contributed by atoms with Crippen LogP contribution in [0.15, 0.2) is 18.2 Å². The Balaban J connectivity index is 2.59. The van der Waals surface area contributed by atoms with Gasteiger partial charge in [0.25, 0.3) is 5.69 Å². The zero-order valence-electron chi connectivity index (χ0n) is 8.03. The van der Waals surface area contributed by atoms with Gasteiger partial charge in [0.2, 0.25) is 0 Å². The number of benzene rings is 1. The van der Waals surface area contributed by atoms with Gasteiger partial charge in [-0.25, -0.2) is 0 Å². The van der Waals surface area contributed by atoms with Crippen LogP contribution < -0.4 is 4.74 Å². The minimum absolute atomic E-state index is 0.0565. The Kier molecular flexibility index (Phi) is 3.91. The van der Waals surface area contributed by atoms with Gasteiger partial charge in [0.15, 0.2) is 0 Å². The number of rotatable bonds is 5. The predicted octanol–water partition coefficient (Wildman–Crippen LogP) is 2.57. The van der Waals surface area contributed by atoms with Crippen molar-refractivity contribution in [3.8, 4) is 5.75 Å². The second-order valence-corrected chi connectivity index (χ2v) is 2.87. The Bertz CT molecular complexity index is 312.